The van der Waals surface area contributed by atoms with Crippen molar-refractivity contribution >= 4 is 0 Å². The van der Waals surface area contributed by atoms with Crippen LogP contribution in [0.5, 0.6) is 0 Å². The molecule has 1 saturated carbocycles. The predicted octanol–water partition coefficient (Wildman–Crippen LogP) is 0.795. The largest absolute Gasteiger partial charge is 0.389 e. The highest BCUT2D eigenvalue weighted by Crippen LogP contribution is 2.26. The van der Waals surface area contributed by atoms with Crippen LogP contribution in [0.15, 0.2) is 0 Å². The fourth-order valence-electron chi connectivity index (χ4n) is 1.74. The van der Waals surface area contributed by atoms with Crippen molar-refractivity contribution in [3.8, 4) is 6.07 Å². The van der Waals surface area contributed by atoms with E-state index < -0.39 is 5.60 Å². The van der Waals surface area contributed by atoms with Crippen LogP contribution in [-0.4, -0.2) is 23.8 Å². The highest BCUT2D eigenvalue weighted by Gasteiger charge is 2.28. The Balaban J connectivity index is 2.23. The first-order chi connectivity index (χ1) is 5.77. The highest BCUT2D eigenvalue weighted by molar-refractivity contribution is 4.86. The number of hydrogen-bond acceptors (Lipinski definition) is 3. The van der Waals surface area contributed by atoms with Crippen LogP contribution < -0.4 is 5.32 Å². The first-order valence-electron chi connectivity index (χ1n) is 4.57. The predicted molar refractivity (Wildman–Crippen MR) is 46.5 cm³/mol. The van der Waals surface area contributed by atoms with Gasteiger partial charge in [-0.25, -0.2) is 0 Å². The summed E-state index contributed by atoms with van der Waals surface area (Å²) < 4.78 is 0. The molecule has 1 aliphatic rings. The number of nitrogens with zero attached hydrogens (tertiary/aromatic N) is 1. The van der Waals surface area contributed by atoms with E-state index >= 15 is 0 Å². The smallest absolute Gasteiger partial charge is 0.0841 e. The molecule has 1 fully saturated rings. The molecule has 0 aromatic rings. The summed E-state index contributed by atoms with van der Waals surface area (Å²) in [5.74, 6) is 0. The zero-order valence-corrected chi connectivity index (χ0v) is 7.34. The first-order valence-corrected chi connectivity index (χ1v) is 4.57. The van der Waals surface area contributed by atoms with Gasteiger partial charge in [0, 0.05) is 6.54 Å². The molecule has 2 N–H and O–H groups in total. The molecule has 0 amide bonds. The molecule has 0 spiro atoms. The minimum Gasteiger partial charge on any atom is -0.389 e. The van der Waals surface area contributed by atoms with Crippen LogP contribution in [0.1, 0.15) is 32.1 Å². The van der Waals surface area contributed by atoms with Gasteiger partial charge in [-0.15, -0.1) is 0 Å². The Morgan fingerprint density at radius 3 is 2.58 bits per heavy atom. The molecular formula is C9H16N2O. The van der Waals surface area contributed by atoms with Gasteiger partial charge in [0.15, 0.2) is 0 Å². The van der Waals surface area contributed by atoms with Crippen LogP contribution in [0.4, 0.5) is 0 Å². The summed E-state index contributed by atoms with van der Waals surface area (Å²) in [4.78, 5) is 0. The Kier molecular flexibility index (Phi) is 3.51. The van der Waals surface area contributed by atoms with Crippen LogP contribution in [-0.2, 0) is 0 Å². The van der Waals surface area contributed by atoms with Crippen molar-refractivity contribution in [1.82, 2.24) is 5.32 Å². The maximum atomic E-state index is 9.93. The molecule has 0 bridgehead atoms. The molecule has 3 heteroatoms. The average Bonchev–Trinajstić information content (AvgIpc) is 2.06. The maximum absolute atomic E-state index is 9.93. The standard InChI is InChI=1S/C9H16N2O/c10-6-7-11-8-9(12)4-2-1-3-5-9/h11-12H,1-5,7-8H2. The number of rotatable bonds is 3. The summed E-state index contributed by atoms with van der Waals surface area (Å²) in [5.41, 5.74) is -0.533. The van der Waals surface area contributed by atoms with Crippen LogP contribution >= 0.6 is 0 Å². The SMILES string of the molecule is N#CCNCC1(O)CCCCC1. The number of nitriles is 1. The van der Waals surface area contributed by atoms with Gasteiger partial charge in [-0.2, -0.15) is 5.26 Å². The molecule has 0 aromatic heterocycles. The van der Waals surface area contributed by atoms with Gasteiger partial charge in [-0.1, -0.05) is 19.3 Å². The van der Waals surface area contributed by atoms with Crippen molar-refractivity contribution in [1.29, 1.82) is 5.26 Å². The molecule has 68 valence electrons. The van der Waals surface area contributed by atoms with Gasteiger partial charge >= 0.3 is 0 Å². The third kappa shape index (κ3) is 2.80. The van der Waals surface area contributed by atoms with Crippen molar-refractivity contribution in [3.63, 3.8) is 0 Å². The minimum atomic E-state index is -0.533. The van der Waals surface area contributed by atoms with Crippen LogP contribution in [0, 0.1) is 11.3 Å². The number of nitrogens with one attached hydrogen (secondary N) is 1. The van der Waals surface area contributed by atoms with E-state index in [-0.39, 0.29) is 0 Å². The van der Waals surface area contributed by atoms with Crippen molar-refractivity contribution in [2.75, 3.05) is 13.1 Å². The Bertz CT molecular complexity index is 168. The third-order valence-electron chi connectivity index (χ3n) is 2.44. The van der Waals surface area contributed by atoms with Crippen molar-refractivity contribution in [3.05, 3.63) is 0 Å². The van der Waals surface area contributed by atoms with Gasteiger partial charge in [0.05, 0.1) is 18.2 Å². The van der Waals surface area contributed by atoms with E-state index in [0.717, 1.165) is 25.7 Å². The highest BCUT2D eigenvalue weighted by atomic mass is 16.3. The Hall–Kier alpha value is -0.590. The van der Waals surface area contributed by atoms with Gasteiger partial charge in [0.2, 0.25) is 0 Å². The molecule has 3 nitrogen and oxygen atoms in total. The monoisotopic (exact) mass is 168 g/mol. The molecule has 0 heterocycles. The van der Waals surface area contributed by atoms with Gasteiger partial charge in [-0.05, 0) is 12.8 Å². The molecule has 0 saturated heterocycles. The number of aliphatic hydroxyl groups is 1. The molecule has 0 aliphatic heterocycles. The Morgan fingerprint density at radius 2 is 2.00 bits per heavy atom. The van der Waals surface area contributed by atoms with E-state index in [9.17, 15) is 5.11 Å². The van der Waals surface area contributed by atoms with E-state index in [2.05, 4.69) is 5.32 Å². The molecule has 0 unspecified atom stereocenters. The molecule has 0 radical (unpaired) electrons. The first kappa shape index (κ1) is 9.50. The summed E-state index contributed by atoms with van der Waals surface area (Å²) in [6.07, 6.45) is 5.23. The molecule has 12 heavy (non-hydrogen) atoms. The fourth-order valence-corrected chi connectivity index (χ4v) is 1.74. The quantitative estimate of drug-likeness (QED) is 0.484. The molecule has 1 aliphatic carbocycles. The lowest BCUT2D eigenvalue weighted by molar-refractivity contribution is 0.00584. The van der Waals surface area contributed by atoms with Gasteiger partial charge < -0.3 is 10.4 Å². The second-order valence-electron chi connectivity index (χ2n) is 3.55. The van der Waals surface area contributed by atoms with Gasteiger partial charge in [0.1, 0.15) is 0 Å². The van der Waals surface area contributed by atoms with Crippen LogP contribution in [0.3, 0.4) is 0 Å². The topological polar surface area (TPSA) is 56.0 Å². The average molecular weight is 168 g/mol. The summed E-state index contributed by atoms with van der Waals surface area (Å²) in [5, 5.41) is 21.1. The van der Waals surface area contributed by atoms with Crippen LogP contribution in [0.25, 0.3) is 0 Å². The van der Waals surface area contributed by atoms with Crippen LogP contribution in [0.2, 0.25) is 0 Å². The van der Waals surface area contributed by atoms with E-state index in [0.29, 0.717) is 13.1 Å². The van der Waals surface area contributed by atoms with E-state index in [1.165, 1.54) is 6.42 Å². The van der Waals surface area contributed by atoms with Gasteiger partial charge in [0.25, 0.3) is 0 Å². The van der Waals surface area contributed by atoms with E-state index in [1.54, 1.807) is 0 Å². The fraction of sp³-hybridized carbons (Fsp3) is 0.889. The van der Waals surface area contributed by atoms with E-state index in [4.69, 9.17) is 5.26 Å². The molecule has 0 atom stereocenters. The normalized spacial score (nSPS) is 21.7. The van der Waals surface area contributed by atoms with Gasteiger partial charge in [-0.3, -0.25) is 0 Å². The Morgan fingerprint density at radius 1 is 1.33 bits per heavy atom. The second kappa shape index (κ2) is 4.44. The Labute approximate surface area is 73.4 Å². The van der Waals surface area contributed by atoms with Crippen molar-refractivity contribution in [2.24, 2.45) is 0 Å². The lowest BCUT2D eigenvalue weighted by atomic mass is 9.85. The zero-order valence-electron chi connectivity index (χ0n) is 7.34. The lowest BCUT2D eigenvalue weighted by Gasteiger charge is -2.31. The summed E-state index contributed by atoms with van der Waals surface area (Å²) in [6, 6.07) is 2.00. The third-order valence-corrected chi connectivity index (χ3v) is 2.44. The minimum absolute atomic E-state index is 0.336. The molecule has 0 aromatic carbocycles. The summed E-state index contributed by atoms with van der Waals surface area (Å²) in [7, 11) is 0. The zero-order chi connectivity index (χ0) is 8.86. The number of hydrogen-bond donors (Lipinski definition) is 2. The molecular weight excluding hydrogens is 152 g/mol. The van der Waals surface area contributed by atoms with Crippen molar-refractivity contribution in [2.45, 2.75) is 37.7 Å². The summed E-state index contributed by atoms with van der Waals surface area (Å²) >= 11 is 0. The van der Waals surface area contributed by atoms with Crippen molar-refractivity contribution < 1.29 is 5.11 Å². The molecule has 1 rings (SSSR count). The second-order valence-corrected chi connectivity index (χ2v) is 3.55. The lowest BCUT2D eigenvalue weighted by Crippen LogP contribution is -2.42. The maximum Gasteiger partial charge on any atom is 0.0841 e. The van der Waals surface area contributed by atoms with E-state index in [1.807, 2.05) is 6.07 Å². The summed E-state index contributed by atoms with van der Waals surface area (Å²) in [6.45, 7) is 0.906.